The number of hydrogen-bond donors (Lipinski definition) is 0. The molecule has 0 radical (unpaired) electrons. The summed E-state index contributed by atoms with van der Waals surface area (Å²) in [5, 5.41) is 0. The lowest BCUT2D eigenvalue weighted by molar-refractivity contribution is 0.0673. The average molecular weight is 209 g/mol. The maximum Gasteiger partial charge on any atom is 0.515 e. The van der Waals surface area contributed by atoms with Gasteiger partial charge in [0.1, 0.15) is 0 Å². The summed E-state index contributed by atoms with van der Waals surface area (Å²) in [5.74, 6) is 0.247. The van der Waals surface area contributed by atoms with Gasteiger partial charge in [-0.25, -0.2) is 9.78 Å². The summed E-state index contributed by atoms with van der Waals surface area (Å²) in [6.45, 7) is 6.24. The predicted molar refractivity (Wildman–Crippen MR) is 55.7 cm³/mol. The van der Waals surface area contributed by atoms with E-state index in [1.54, 1.807) is 24.4 Å². The van der Waals surface area contributed by atoms with E-state index in [9.17, 15) is 4.79 Å². The van der Waals surface area contributed by atoms with Crippen LogP contribution in [0.15, 0.2) is 24.4 Å². The van der Waals surface area contributed by atoms with Crippen molar-refractivity contribution in [3.8, 4) is 5.88 Å². The van der Waals surface area contributed by atoms with Gasteiger partial charge in [-0.05, 0) is 11.5 Å². The van der Waals surface area contributed by atoms with Gasteiger partial charge in [-0.1, -0.05) is 26.8 Å². The van der Waals surface area contributed by atoms with Gasteiger partial charge in [0.25, 0.3) is 0 Å². The van der Waals surface area contributed by atoms with Gasteiger partial charge < -0.3 is 9.47 Å². The van der Waals surface area contributed by atoms with Gasteiger partial charge >= 0.3 is 6.16 Å². The molecule has 0 saturated carbocycles. The van der Waals surface area contributed by atoms with Crippen molar-refractivity contribution < 1.29 is 14.3 Å². The van der Waals surface area contributed by atoms with Crippen LogP contribution in [0.4, 0.5) is 4.79 Å². The molecule has 0 spiro atoms. The molecule has 0 saturated heterocycles. The van der Waals surface area contributed by atoms with Gasteiger partial charge in [0.05, 0.1) is 6.61 Å². The van der Waals surface area contributed by atoms with Crippen molar-refractivity contribution in [2.24, 2.45) is 5.41 Å². The van der Waals surface area contributed by atoms with Gasteiger partial charge in [0, 0.05) is 12.3 Å². The summed E-state index contributed by atoms with van der Waals surface area (Å²) >= 11 is 0. The van der Waals surface area contributed by atoms with Crippen molar-refractivity contribution >= 4 is 6.16 Å². The first kappa shape index (κ1) is 11.5. The number of pyridine rings is 1. The minimum atomic E-state index is -0.719. The van der Waals surface area contributed by atoms with E-state index < -0.39 is 6.16 Å². The van der Waals surface area contributed by atoms with Gasteiger partial charge in [0.2, 0.25) is 5.88 Å². The molecule has 0 amide bonds. The van der Waals surface area contributed by atoms with Crippen molar-refractivity contribution in [1.29, 1.82) is 0 Å². The van der Waals surface area contributed by atoms with Crippen molar-refractivity contribution in [2.75, 3.05) is 6.61 Å². The van der Waals surface area contributed by atoms with Crippen LogP contribution in [0, 0.1) is 5.41 Å². The number of aromatic nitrogens is 1. The Morgan fingerprint density at radius 1 is 1.40 bits per heavy atom. The molecule has 1 heterocycles. The summed E-state index contributed by atoms with van der Waals surface area (Å²) in [7, 11) is 0. The molecule has 0 atom stereocenters. The fourth-order valence-corrected chi connectivity index (χ4v) is 0.798. The van der Waals surface area contributed by atoms with E-state index in [0.29, 0.717) is 6.61 Å². The topological polar surface area (TPSA) is 48.4 Å². The lowest BCUT2D eigenvalue weighted by Gasteiger charge is -2.17. The first-order valence-corrected chi connectivity index (χ1v) is 4.73. The minimum absolute atomic E-state index is 0.0663. The fourth-order valence-electron chi connectivity index (χ4n) is 0.798. The third-order valence-corrected chi connectivity index (χ3v) is 1.45. The SMILES string of the molecule is CC(C)(C)COC(=O)Oc1ccccn1. The summed E-state index contributed by atoms with van der Waals surface area (Å²) in [6, 6.07) is 5.07. The van der Waals surface area contributed by atoms with Crippen LogP contribution in [-0.4, -0.2) is 17.7 Å². The third-order valence-electron chi connectivity index (χ3n) is 1.45. The number of carbonyl (C=O) groups is 1. The molecular formula is C11H15NO3. The standard InChI is InChI=1S/C11H15NO3/c1-11(2,3)8-14-10(13)15-9-6-4-5-7-12-9/h4-7H,8H2,1-3H3. The Morgan fingerprint density at radius 3 is 2.67 bits per heavy atom. The van der Waals surface area contributed by atoms with Crippen molar-refractivity contribution in [3.05, 3.63) is 24.4 Å². The lowest BCUT2D eigenvalue weighted by atomic mass is 9.99. The molecule has 0 aliphatic heterocycles. The molecule has 82 valence electrons. The van der Waals surface area contributed by atoms with Crippen LogP contribution in [0.5, 0.6) is 5.88 Å². The largest absolute Gasteiger partial charge is 0.515 e. The Morgan fingerprint density at radius 2 is 2.13 bits per heavy atom. The van der Waals surface area contributed by atoms with Crippen LogP contribution >= 0.6 is 0 Å². The number of hydrogen-bond acceptors (Lipinski definition) is 4. The molecule has 0 N–H and O–H groups in total. The number of carbonyl (C=O) groups excluding carboxylic acids is 1. The average Bonchev–Trinajstić information content (AvgIpc) is 2.15. The van der Waals surface area contributed by atoms with Gasteiger partial charge in [-0.15, -0.1) is 0 Å². The second kappa shape index (κ2) is 4.77. The molecule has 0 fully saturated rings. The van der Waals surface area contributed by atoms with Crippen LogP contribution in [-0.2, 0) is 4.74 Å². The van der Waals surface area contributed by atoms with E-state index in [0.717, 1.165) is 0 Å². The summed E-state index contributed by atoms with van der Waals surface area (Å²) < 4.78 is 9.75. The molecule has 1 aromatic rings. The smallest absolute Gasteiger partial charge is 0.433 e. The Balaban J connectivity index is 2.38. The molecule has 15 heavy (non-hydrogen) atoms. The van der Waals surface area contributed by atoms with Crippen LogP contribution in [0.2, 0.25) is 0 Å². The van der Waals surface area contributed by atoms with Crippen molar-refractivity contribution in [1.82, 2.24) is 4.98 Å². The monoisotopic (exact) mass is 209 g/mol. The maximum absolute atomic E-state index is 11.2. The normalized spacial score (nSPS) is 10.9. The van der Waals surface area contributed by atoms with Gasteiger partial charge in [-0.3, -0.25) is 0 Å². The van der Waals surface area contributed by atoms with Crippen molar-refractivity contribution in [2.45, 2.75) is 20.8 Å². The summed E-state index contributed by atoms with van der Waals surface area (Å²) in [6.07, 6.45) is 0.829. The zero-order valence-corrected chi connectivity index (χ0v) is 9.19. The number of rotatable bonds is 2. The highest BCUT2D eigenvalue weighted by molar-refractivity contribution is 5.62. The highest BCUT2D eigenvalue weighted by Gasteiger charge is 2.15. The van der Waals surface area contributed by atoms with Gasteiger partial charge in [0.15, 0.2) is 0 Å². The molecule has 0 aliphatic carbocycles. The van der Waals surface area contributed by atoms with E-state index in [2.05, 4.69) is 4.98 Å². The maximum atomic E-state index is 11.2. The Hall–Kier alpha value is -1.58. The molecule has 4 heteroatoms. The van der Waals surface area contributed by atoms with Crippen LogP contribution < -0.4 is 4.74 Å². The summed E-state index contributed by atoms with van der Waals surface area (Å²) in [4.78, 5) is 15.0. The molecule has 1 rings (SSSR count). The molecule has 0 unspecified atom stereocenters. The summed E-state index contributed by atoms with van der Waals surface area (Å²) in [5.41, 5.74) is -0.0663. The van der Waals surface area contributed by atoms with Crippen LogP contribution in [0.25, 0.3) is 0 Å². The van der Waals surface area contributed by atoms with Crippen LogP contribution in [0.1, 0.15) is 20.8 Å². The minimum Gasteiger partial charge on any atom is -0.433 e. The molecular weight excluding hydrogens is 194 g/mol. The zero-order valence-electron chi connectivity index (χ0n) is 9.19. The fraction of sp³-hybridized carbons (Fsp3) is 0.455. The first-order chi connectivity index (χ1) is 6.97. The molecule has 0 bridgehead atoms. The lowest BCUT2D eigenvalue weighted by Crippen LogP contribution is -2.20. The third kappa shape index (κ3) is 5.00. The van der Waals surface area contributed by atoms with E-state index in [-0.39, 0.29) is 11.3 Å². The second-order valence-electron chi connectivity index (χ2n) is 4.37. The predicted octanol–water partition coefficient (Wildman–Crippen LogP) is 2.64. The highest BCUT2D eigenvalue weighted by atomic mass is 16.7. The quantitative estimate of drug-likeness (QED) is 0.702. The molecule has 1 aromatic heterocycles. The Labute approximate surface area is 89.2 Å². The zero-order chi connectivity index (χ0) is 11.3. The second-order valence-corrected chi connectivity index (χ2v) is 4.37. The first-order valence-electron chi connectivity index (χ1n) is 4.73. The Kier molecular flexibility index (Phi) is 3.66. The van der Waals surface area contributed by atoms with Gasteiger partial charge in [-0.2, -0.15) is 0 Å². The van der Waals surface area contributed by atoms with E-state index in [1.165, 1.54) is 0 Å². The van der Waals surface area contributed by atoms with Crippen molar-refractivity contribution in [3.63, 3.8) is 0 Å². The van der Waals surface area contributed by atoms with E-state index in [1.807, 2.05) is 20.8 Å². The number of ether oxygens (including phenoxy) is 2. The molecule has 4 nitrogen and oxygen atoms in total. The molecule has 0 aromatic carbocycles. The van der Waals surface area contributed by atoms with E-state index >= 15 is 0 Å². The van der Waals surface area contributed by atoms with E-state index in [4.69, 9.17) is 9.47 Å². The number of nitrogens with zero attached hydrogens (tertiary/aromatic N) is 1. The van der Waals surface area contributed by atoms with Crippen LogP contribution in [0.3, 0.4) is 0 Å². The highest BCUT2D eigenvalue weighted by Crippen LogP contribution is 2.13. The Bertz CT molecular complexity index is 316. The molecule has 0 aliphatic rings.